The number of amides is 2. The molecule has 1 rings (SSSR count). The van der Waals surface area contributed by atoms with E-state index in [0.717, 1.165) is 0 Å². The molecule has 1 saturated heterocycles. The van der Waals surface area contributed by atoms with Crippen LogP contribution in [0.25, 0.3) is 0 Å². The van der Waals surface area contributed by atoms with Crippen molar-refractivity contribution >= 4 is 11.8 Å². The number of carbonyl (C=O) groups excluding carboxylic acids is 2. The maximum Gasteiger partial charge on any atom is 0.271 e. The molecule has 1 fully saturated rings. The predicted molar refractivity (Wildman–Crippen MR) is 19.9 cm³/mol. The number of rotatable bonds is 0. The number of carbonyl (C=O) groups is 2. The lowest BCUT2D eigenvalue weighted by Gasteiger charge is -1.78. The van der Waals surface area contributed by atoms with Gasteiger partial charge in [0.2, 0.25) is 5.91 Å². The van der Waals surface area contributed by atoms with E-state index in [2.05, 4.69) is 5.43 Å². The van der Waals surface area contributed by atoms with Gasteiger partial charge in [0.25, 0.3) is 5.91 Å². The van der Waals surface area contributed by atoms with Gasteiger partial charge in [-0.15, -0.1) is 5.43 Å². The van der Waals surface area contributed by atoms with Crippen LogP contribution in [0.3, 0.4) is 0 Å². The molecule has 37 valence electrons. The SMILES string of the molecule is O=C1CC(=O)N[N]1. The molecule has 7 heavy (non-hydrogen) atoms. The first-order valence-corrected chi connectivity index (χ1v) is 1.81. The van der Waals surface area contributed by atoms with Gasteiger partial charge in [-0.2, -0.15) is 0 Å². The van der Waals surface area contributed by atoms with Gasteiger partial charge in [-0.3, -0.25) is 9.59 Å². The molecule has 0 aromatic carbocycles. The molecule has 1 aliphatic rings. The third-order valence-corrected chi connectivity index (χ3v) is 0.617. The highest BCUT2D eigenvalue weighted by Gasteiger charge is 2.17. The van der Waals surface area contributed by atoms with Gasteiger partial charge < -0.3 is 0 Å². The maximum absolute atomic E-state index is 10.0. The normalized spacial score (nSPS) is 18.9. The quantitative estimate of drug-likeness (QED) is 0.378. The van der Waals surface area contributed by atoms with Gasteiger partial charge in [-0.1, -0.05) is 0 Å². The summed E-state index contributed by atoms with van der Waals surface area (Å²) in [4.78, 5) is 20.0. The summed E-state index contributed by atoms with van der Waals surface area (Å²) in [5, 5.41) is 0. The predicted octanol–water partition coefficient (Wildman–Crippen LogP) is -1.45. The molecule has 1 heterocycles. The Kier molecular flexibility index (Phi) is 0.714. The summed E-state index contributed by atoms with van der Waals surface area (Å²) in [7, 11) is 0. The van der Waals surface area contributed by atoms with E-state index in [4.69, 9.17) is 0 Å². The van der Waals surface area contributed by atoms with Crippen LogP contribution >= 0.6 is 0 Å². The molecule has 0 spiro atoms. The van der Waals surface area contributed by atoms with Crippen molar-refractivity contribution in [1.82, 2.24) is 10.9 Å². The Morgan fingerprint density at radius 2 is 2.29 bits per heavy atom. The second-order valence-corrected chi connectivity index (χ2v) is 1.22. The van der Waals surface area contributed by atoms with E-state index >= 15 is 0 Å². The molecule has 2 amide bonds. The summed E-state index contributed by atoms with van der Waals surface area (Å²) in [5.41, 5.74) is 5.08. The smallest absolute Gasteiger partial charge is 0.271 e. The van der Waals surface area contributed by atoms with Gasteiger partial charge in [0.15, 0.2) is 0 Å². The van der Waals surface area contributed by atoms with Crippen molar-refractivity contribution in [3.05, 3.63) is 0 Å². The van der Waals surface area contributed by atoms with Gasteiger partial charge in [0.05, 0.1) is 0 Å². The number of nitrogens with zero attached hydrogens (tertiary/aromatic N) is 1. The Balaban J connectivity index is 2.55. The van der Waals surface area contributed by atoms with E-state index in [1.54, 1.807) is 0 Å². The van der Waals surface area contributed by atoms with E-state index in [1.165, 1.54) is 0 Å². The number of hydrogen-bond acceptors (Lipinski definition) is 2. The van der Waals surface area contributed by atoms with Crippen LogP contribution in [0.15, 0.2) is 0 Å². The zero-order chi connectivity index (χ0) is 5.28. The lowest BCUT2D eigenvalue weighted by molar-refractivity contribution is -0.122. The van der Waals surface area contributed by atoms with Crippen molar-refractivity contribution in [2.45, 2.75) is 6.42 Å². The van der Waals surface area contributed by atoms with Gasteiger partial charge in [-0.25, -0.2) is 5.43 Å². The van der Waals surface area contributed by atoms with E-state index in [9.17, 15) is 9.59 Å². The van der Waals surface area contributed by atoms with Crippen molar-refractivity contribution in [2.24, 2.45) is 0 Å². The highest BCUT2D eigenvalue weighted by atomic mass is 16.2. The van der Waals surface area contributed by atoms with Crippen LogP contribution < -0.4 is 10.9 Å². The molecule has 0 aromatic rings. The first-order valence-electron chi connectivity index (χ1n) is 1.81. The fraction of sp³-hybridized carbons (Fsp3) is 0.333. The Bertz CT molecular complexity index is 106. The molecule has 4 heteroatoms. The summed E-state index contributed by atoms with van der Waals surface area (Å²) in [5.74, 6) is -0.699. The summed E-state index contributed by atoms with van der Waals surface area (Å²) in [6, 6.07) is 0. The second kappa shape index (κ2) is 1.22. The number of hydrogen-bond donors (Lipinski definition) is 1. The summed E-state index contributed by atoms with van der Waals surface area (Å²) in [6.07, 6.45) is -0.0833. The van der Waals surface area contributed by atoms with Crippen LogP contribution in [0.4, 0.5) is 0 Å². The highest BCUT2D eigenvalue weighted by molar-refractivity contribution is 6.01. The Morgan fingerprint density at radius 1 is 1.57 bits per heavy atom. The largest absolute Gasteiger partial charge is 0.273 e. The molecule has 0 aliphatic carbocycles. The Labute approximate surface area is 39.9 Å². The van der Waals surface area contributed by atoms with Crippen LogP contribution in [0, 0.1) is 0 Å². The van der Waals surface area contributed by atoms with E-state index in [1.807, 2.05) is 5.43 Å². The average molecular weight is 99.1 g/mol. The van der Waals surface area contributed by atoms with Gasteiger partial charge in [-0.05, 0) is 0 Å². The van der Waals surface area contributed by atoms with Crippen LogP contribution in [0.2, 0.25) is 0 Å². The van der Waals surface area contributed by atoms with Crippen molar-refractivity contribution < 1.29 is 9.59 Å². The molecule has 0 unspecified atom stereocenters. The minimum atomic E-state index is -0.384. The maximum atomic E-state index is 10.0. The third kappa shape index (κ3) is 0.677. The van der Waals surface area contributed by atoms with E-state index < -0.39 is 0 Å². The molecule has 4 nitrogen and oxygen atoms in total. The summed E-state index contributed by atoms with van der Waals surface area (Å²) >= 11 is 0. The third-order valence-electron chi connectivity index (χ3n) is 0.617. The minimum Gasteiger partial charge on any atom is -0.273 e. The first kappa shape index (κ1) is 4.11. The monoisotopic (exact) mass is 99.0 g/mol. The molecular formula is C3H3N2O2. The number of nitrogens with one attached hydrogen (secondary N) is 1. The zero-order valence-electron chi connectivity index (χ0n) is 3.47. The van der Waals surface area contributed by atoms with Crippen LogP contribution in [0.5, 0.6) is 0 Å². The van der Waals surface area contributed by atoms with Gasteiger partial charge in [0, 0.05) is 0 Å². The first-order chi connectivity index (χ1) is 3.29. The highest BCUT2D eigenvalue weighted by Crippen LogP contribution is 1.85. The zero-order valence-corrected chi connectivity index (χ0v) is 3.47. The average Bonchev–Trinajstić information content (AvgIpc) is 1.87. The van der Waals surface area contributed by atoms with Gasteiger partial charge in [0.1, 0.15) is 6.42 Å². The Hall–Kier alpha value is -1.06. The fourth-order valence-electron chi connectivity index (χ4n) is 0.341. The molecule has 1 aliphatic heterocycles. The van der Waals surface area contributed by atoms with Crippen molar-refractivity contribution in [3.8, 4) is 0 Å². The van der Waals surface area contributed by atoms with Gasteiger partial charge >= 0.3 is 0 Å². The molecule has 0 atom stereocenters. The molecule has 1 radical (unpaired) electrons. The molecular weight excluding hydrogens is 96.0 g/mol. The molecule has 1 N–H and O–H groups in total. The standard InChI is InChI=1S/C3H3N2O2/c6-2-1-3(7)5-4-2/h1H2,(H,4,6). The van der Waals surface area contributed by atoms with Crippen molar-refractivity contribution in [3.63, 3.8) is 0 Å². The van der Waals surface area contributed by atoms with Crippen LogP contribution in [-0.4, -0.2) is 11.8 Å². The van der Waals surface area contributed by atoms with E-state index in [-0.39, 0.29) is 18.2 Å². The van der Waals surface area contributed by atoms with E-state index in [0.29, 0.717) is 0 Å². The Morgan fingerprint density at radius 3 is 2.43 bits per heavy atom. The molecule has 0 aromatic heterocycles. The molecule has 0 bridgehead atoms. The van der Waals surface area contributed by atoms with Crippen LogP contribution in [-0.2, 0) is 9.59 Å². The van der Waals surface area contributed by atoms with Crippen molar-refractivity contribution in [2.75, 3.05) is 0 Å². The fourth-order valence-corrected chi connectivity index (χ4v) is 0.341. The topological polar surface area (TPSA) is 60.3 Å². The second-order valence-electron chi connectivity index (χ2n) is 1.22. The van der Waals surface area contributed by atoms with Crippen LogP contribution in [0.1, 0.15) is 6.42 Å². The summed E-state index contributed by atoms with van der Waals surface area (Å²) < 4.78 is 0. The molecule has 0 saturated carbocycles. The lowest BCUT2D eigenvalue weighted by Crippen LogP contribution is -2.20. The minimum absolute atomic E-state index is 0.0833. The summed E-state index contributed by atoms with van der Waals surface area (Å²) in [6.45, 7) is 0. The lowest BCUT2D eigenvalue weighted by atomic mass is 10.4. The van der Waals surface area contributed by atoms with Crippen molar-refractivity contribution in [1.29, 1.82) is 0 Å².